The van der Waals surface area contributed by atoms with E-state index in [2.05, 4.69) is 11.4 Å². The number of nitrogens with one attached hydrogen (secondary N) is 1. The van der Waals surface area contributed by atoms with Crippen LogP contribution in [0.15, 0.2) is 18.2 Å². The Morgan fingerprint density at radius 1 is 1.37 bits per heavy atom. The highest BCUT2D eigenvalue weighted by atomic mass is 16.5. The highest BCUT2D eigenvalue weighted by Gasteiger charge is 2.20. The maximum Gasteiger partial charge on any atom is 0.254 e. The first-order valence-electron chi connectivity index (χ1n) is 6.76. The molecule has 19 heavy (non-hydrogen) atoms. The zero-order valence-electron chi connectivity index (χ0n) is 11.9. The molecule has 0 saturated heterocycles. The number of methoxy groups -OCH3 is 1. The zero-order valence-corrected chi connectivity index (χ0v) is 11.9. The fraction of sp³-hybridized carbons (Fsp3) is 0.533. The normalized spacial score (nSPS) is 13.7. The second kappa shape index (κ2) is 6.17. The van der Waals surface area contributed by atoms with E-state index in [0.717, 1.165) is 18.7 Å². The Morgan fingerprint density at radius 3 is 2.79 bits per heavy atom. The molecule has 2 rings (SSSR count). The predicted octanol–water partition coefficient (Wildman–Crippen LogP) is 1.79. The summed E-state index contributed by atoms with van der Waals surface area (Å²) in [7, 11) is 1.66. The highest BCUT2D eigenvalue weighted by molar-refractivity contribution is 5.94. The Kier molecular flexibility index (Phi) is 4.56. The van der Waals surface area contributed by atoms with Gasteiger partial charge < -0.3 is 15.0 Å². The lowest BCUT2D eigenvalue weighted by atomic mass is 10.1. The third-order valence-corrected chi connectivity index (χ3v) is 3.50. The molecule has 1 N–H and O–H groups in total. The first-order valence-corrected chi connectivity index (χ1v) is 6.76. The number of amides is 1. The molecule has 0 bridgehead atoms. The van der Waals surface area contributed by atoms with Crippen LogP contribution in [0.2, 0.25) is 0 Å². The summed E-state index contributed by atoms with van der Waals surface area (Å²) in [5.41, 5.74) is 3.30. The summed E-state index contributed by atoms with van der Waals surface area (Å²) in [5, 5.41) is 3.30. The van der Waals surface area contributed by atoms with Gasteiger partial charge in [0.2, 0.25) is 0 Å². The number of hydrogen-bond donors (Lipinski definition) is 1. The van der Waals surface area contributed by atoms with E-state index in [1.165, 1.54) is 11.1 Å². The Labute approximate surface area is 114 Å². The number of ether oxygens (including phenoxy) is 1. The molecule has 1 amide bonds. The molecule has 4 heteroatoms. The molecule has 1 aromatic carbocycles. The van der Waals surface area contributed by atoms with Gasteiger partial charge in [0.15, 0.2) is 0 Å². The van der Waals surface area contributed by atoms with Crippen molar-refractivity contribution in [1.82, 2.24) is 10.2 Å². The van der Waals surface area contributed by atoms with Crippen molar-refractivity contribution in [3.8, 4) is 0 Å². The van der Waals surface area contributed by atoms with E-state index < -0.39 is 0 Å². The molecule has 0 atom stereocenters. The van der Waals surface area contributed by atoms with Crippen LogP contribution < -0.4 is 5.32 Å². The SMILES string of the molecule is COCCN(C(=O)c1ccc2c(c1)CNC2)C(C)C. The second-order valence-electron chi connectivity index (χ2n) is 5.17. The van der Waals surface area contributed by atoms with Crippen LogP contribution in [0.25, 0.3) is 0 Å². The number of carbonyl (C=O) groups is 1. The molecule has 1 heterocycles. The molecule has 1 aliphatic heterocycles. The van der Waals surface area contributed by atoms with Gasteiger partial charge in [-0.3, -0.25) is 4.79 Å². The average Bonchev–Trinajstić information content (AvgIpc) is 2.85. The van der Waals surface area contributed by atoms with Crippen LogP contribution in [0.3, 0.4) is 0 Å². The van der Waals surface area contributed by atoms with Crippen molar-refractivity contribution in [1.29, 1.82) is 0 Å². The van der Waals surface area contributed by atoms with E-state index in [4.69, 9.17) is 4.74 Å². The Balaban J connectivity index is 2.16. The van der Waals surface area contributed by atoms with E-state index in [9.17, 15) is 4.79 Å². The van der Waals surface area contributed by atoms with Crippen LogP contribution in [0.1, 0.15) is 35.3 Å². The average molecular weight is 262 g/mol. The number of fused-ring (bicyclic) bond motifs is 1. The van der Waals surface area contributed by atoms with Gasteiger partial charge in [-0.1, -0.05) is 6.07 Å². The first-order chi connectivity index (χ1) is 9.13. The summed E-state index contributed by atoms with van der Waals surface area (Å²) < 4.78 is 5.08. The quantitative estimate of drug-likeness (QED) is 0.879. The molecule has 104 valence electrons. The van der Waals surface area contributed by atoms with Crippen molar-refractivity contribution in [2.24, 2.45) is 0 Å². The second-order valence-corrected chi connectivity index (χ2v) is 5.17. The van der Waals surface area contributed by atoms with Gasteiger partial charge in [-0.05, 0) is 37.1 Å². The minimum atomic E-state index is 0.0850. The van der Waals surface area contributed by atoms with E-state index in [1.54, 1.807) is 7.11 Å². The summed E-state index contributed by atoms with van der Waals surface area (Å²) in [5.74, 6) is 0.0850. The van der Waals surface area contributed by atoms with Gasteiger partial charge in [-0.2, -0.15) is 0 Å². The van der Waals surface area contributed by atoms with Gasteiger partial charge in [0.25, 0.3) is 5.91 Å². The summed E-state index contributed by atoms with van der Waals surface area (Å²) in [6, 6.07) is 6.17. The monoisotopic (exact) mass is 262 g/mol. The van der Waals surface area contributed by atoms with Crippen molar-refractivity contribution in [2.75, 3.05) is 20.3 Å². The molecule has 0 spiro atoms. The minimum Gasteiger partial charge on any atom is -0.383 e. The van der Waals surface area contributed by atoms with Gasteiger partial charge in [0.1, 0.15) is 0 Å². The number of benzene rings is 1. The summed E-state index contributed by atoms with van der Waals surface area (Å²) in [4.78, 5) is 14.4. The summed E-state index contributed by atoms with van der Waals surface area (Å²) in [6.07, 6.45) is 0. The molecule has 1 aliphatic rings. The van der Waals surface area contributed by atoms with Crippen LogP contribution in [0.5, 0.6) is 0 Å². The standard InChI is InChI=1S/C15H22N2O2/c1-11(2)17(6-7-19-3)15(18)12-4-5-13-9-16-10-14(13)8-12/h4-5,8,11,16H,6-7,9-10H2,1-3H3. The largest absolute Gasteiger partial charge is 0.383 e. The fourth-order valence-electron chi connectivity index (χ4n) is 2.38. The third kappa shape index (κ3) is 3.14. The van der Waals surface area contributed by atoms with Gasteiger partial charge in [0.05, 0.1) is 6.61 Å². The summed E-state index contributed by atoms with van der Waals surface area (Å²) >= 11 is 0. The van der Waals surface area contributed by atoms with Crippen LogP contribution >= 0.6 is 0 Å². The predicted molar refractivity (Wildman–Crippen MR) is 75.0 cm³/mol. The molecule has 4 nitrogen and oxygen atoms in total. The zero-order chi connectivity index (χ0) is 13.8. The Morgan fingerprint density at radius 2 is 2.11 bits per heavy atom. The number of nitrogens with zero attached hydrogens (tertiary/aromatic N) is 1. The lowest BCUT2D eigenvalue weighted by Crippen LogP contribution is -2.39. The van der Waals surface area contributed by atoms with Crippen molar-refractivity contribution in [2.45, 2.75) is 33.0 Å². The first kappa shape index (κ1) is 14.0. The lowest BCUT2D eigenvalue weighted by molar-refractivity contribution is 0.0635. The van der Waals surface area contributed by atoms with Crippen LogP contribution in [-0.2, 0) is 17.8 Å². The van der Waals surface area contributed by atoms with Gasteiger partial charge >= 0.3 is 0 Å². The maximum atomic E-state index is 12.5. The molecule has 0 aromatic heterocycles. The van der Waals surface area contributed by atoms with Crippen molar-refractivity contribution >= 4 is 5.91 Å². The van der Waals surface area contributed by atoms with E-state index in [1.807, 2.05) is 30.9 Å². The smallest absolute Gasteiger partial charge is 0.254 e. The van der Waals surface area contributed by atoms with Gasteiger partial charge in [-0.15, -0.1) is 0 Å². The van der Waals surface area contributed by atoms with Crippen molar-refractivity contribution in [3.63, 3.8) is 0 Å². The molecule has 1 aromatic rings. The van der Waals surface area contributed by atoms with Crippen LogP contribution in [0.4, 0.5) is 0 Å². The topological polar surface area (TPSA) is 41.6 Å². The molecular weight excluding hydrogens is 240 g/mol. The van der Waals surface area contributed by atoms with Crippen LogP contribution in [-0.4, -0.2) is 37.1 Å². The maximum absolute atomic E-state index is 12.5. The van der Waals surface area contributed by atoms with Crippen molar-refractivity contribution in [3.05, 3.63) is 34.9 Å². The Hall–Kier alpha value is -1.39. The van der Waals surface area contributed by atoms with E-state index in [0.29, 0.717) is 13.2 Å². The molecule has 0 radical (unpaired) electrons. The third-order valence-electron chi connectivity index (χ3n) is 3.50. The minimum absolute atomic E-state index is 0.0850. The Bertz CT molecular complexity index is 457. The van der Waals surface area contributed by atoms with Gasteiger partial charge in [-0.25, -0.2) is 0 Å². The van der Waals surface area contributed by atoms with E-state index >= 15 is 0 Å². The molecule has 0 unspecified atom stereocenters. The van der Waals surface area contributed by atoms with E-state index in [-0.39, 0.29) is 11.9 Å². The highest BCUT2D eigenvalue weighted by Crippen LogP contribution is 2.18. The van der Waals surface area contributed by atoms with Crippen LogP contribution in [0, 0.1) is 0 Å². The fourth-order valence-corrected chi connectivity index (χ4v) is 2.38. The number of carbonyl (C=O) groups excluding carboxylic acids is 1. The number of hydrogen-bond acceptors (Lipinski definition) is 3. The summed E-state index contributed by atoms with van der Waals surface area (Å²) in [6.45, 7) is 7.02. The van der Waals surface area contributed by atoms with Gasteiger partial charge in [0, 0.05) is 38.3 Å². The molecule has 0 fully saturated rings. The lowest BCUT2D eigenvalue weighted by Gasteiger charge is -2.26. The molecular formula is C15H22N2O2. The molecule has 0 saturated carbocycles. The molecule has 0 aliphatic carbocycles. The van der Waals surface area contributed by atoms with Crippen molar-refractivity contribution < 1.29 is 9.53 Å². The number of rotatable bonds is 5.